The highest BCUT2D eigenvalue weighted by Crippen LogP contribution is 2.43. The van der Waals surface area contributed by atoms with E-state index in [0.29, 0.717) is 22.7 Å². The van der Waals surface area contributed by atoms with E-state index in [0.717, 1.165) is 5.56 Å². The number of nitrogens with zero attached hydrogens (tertiary/aromatic N) is 1. The Bertz CT molecular complexity index is 839. The number of rotatable bonds is 5. The summed E-state index contributed by atoms with van der Waals surface area (Å²) in [7, 11) is 0. The van der Waals surface area contributed by atoms with Crippen molar-refractivity contribution in [2.45, 2.75) is 51.7 Å². The Morgan fingerprint density at radius 2 is 1.65 bits per heavy atom. The van der Waals surface area contributed by atoms with E-state index in [1.165, 1.54) is 0 Å². The zero-order chi connectivity index (χ0) is 19.1. The lowest BCUT2D eigenvalue weighted by atomic mass is 9.87. The van der Waals surface area contributed by atoms with Crippen LogP contribution in [0.5, 0.6) is 0 Å². The molecule has 0 radical (unpaired) electrons. The summed E-state index contributed by atoms with van der Waals surface area (Å²) in [4.78, 5) is 27.3. The molecule has 26 heavy (non-hydrogen) atoms. The number of ketones is 1. The predicted molar refractivity (Wildman–Crippen MR) is 102 cm³/mol. The number of carbonyl (C=O) groups is 2. The number of carbonyl (C=O) groups excluding carboxylic acids is 2. The lowest BCUT2D eigenvalue weighted by molar-refractivity contribution is -0.136. The number of aliphatic hydroxyl groups is 1. The minimum absolute atomic E-state index is 0.0990. The van der Waals surface area contributed by atoms with Gasteiger partial charge >= 0.3 is 0 Å². The van der Waals surface area contributed by atoms with Gasteiger partial charge in [0.15, 0.2) is 11.4 Å². The Hall–Kier alpha value is -2.46. The number of anilines is 1. The first-order chi connectivity index (χ1) is 12.3. The lowest BCUT2D eigenvalue weighted by Gasteiger charge is -2.25. The number of fused-ring (bicyclic) bond motifs is 1. The maximum atomic E-state index is 13.0. The van der Waals surface area contributed by atoms with Crippen LogP contribution < -0.4 is 4.90 Å². The molecule has 2 aromatic carbocycles. The largest absolute Gasteiger partial charge is 0.375 e. The first kappa shape index (κ1) is 18.3. The van der Waals surface area contributed by atoms with Crippen molar-refractivity contribution in [2.75, 3.05) is 4.90 Å². The summed E-state index contributed by atoms with van der Waals surface area (Å²) in [5, 5.41) is 11.2. The second-order valence-corrected chi connectivity index (χ2v) is 7.52. The van der Waals surface area contributed by atoms with Gasteiger partial charge < -0.3 is 10.0 Å². The van der Waals surface area contributed by atoms with Crippen LogP contribution in [0.25, 0.3) is 0 Å². The van der Waals surface area contributed by atoms with Gasteiger partial charge in [0.25, 0.3) is 5.91 Å². The summed E-state index contributed by atoms with van der Waals surface area (Å²) in [6.45, 7) is 7.97. The van der Waals surface area contributed by atoms with E-state index in [9.17, 15) is 14.7 Å². The van der Waals surface area contributed by atoms with Crippen LogP contribution in [-0.4, -0.2) is 22.8 Å². The van der Waals surface area contributed by atoms with Crippen molar-refractivity contribution in [3.05, 3.63) is 65.2 Å². The molecule has 1 aliphatic rings. The smallest absolute Gasteiger partial charge is 0.264 e. The van der Waals surface area contributed by atoms with Crippen molar-refractivity contribution in [3.63, 3.8) is 0 Å². The summed E-state index contributed by atoms with van der Waals surface area (Å²) >= 11 is 0. The van der Waals surface area contributed by atoms with Gasteiger partial charge in [0.2, 0.25) is 0 Å². The van der Waals surface area contributed by atoms with Gasteiger partial charge in [0.05, 0.1) is 12.1 Å². The average molecular weight is 351 g/mol. The molecule has 0 unspecified atom stereocenters. The van der Waals surface area contributed by atoms with Crippen LogP contribution in [0.2, 0.25) is 0 Å². The Balaban J connectivity index is 1.93. The monoisotopic (exact) mass is 351 g/mol. The summed E-state index contributed by atoms with van der Waals surface area (Å²) in [6, 6.07) is 14.4. The molecule has 1 amide bonds. The highest BCUT2D eigenvalue weighted by atomic mass is 16.3. The van der Waals surface area contributed by atoms with E-state index >= 15 is 0 Å². The topological polar surface area (TPSA) is 57.6 Å². The highest BCUT2D eigenvalue weighted by molar-refractivity contribution is 6.11. The van der Waals surface area contributed by atoms with Crippen LogP contribution in [0.4, 0.5) is 5.69 Å². The lowest BCUT2D eigenvalue weighted by Crippen LogP contribution is -2.44. The molecular formula is C22H25NO3. The second kappa shape index (κ2) is 6.69. The molecule has 1 N–H and O–H groups in total. The molecule has 1 atom stereocenters. The van der Waals surface area contributed by atoms with E-state index in [-0.39, 0.29) is 18.2 Å². The molecule has 0 aromatic heterocycles. The predicted octanol–water partition coefficient (Wildman–Crippen LogP) is 4.03. The van der Waals surface area contributed by atoms with Crippen molar-refractivity contribution < 1.29 is 14.7 Å². The first-order valence-corrected chi connectivity index (χ1v) is 9.04. The summed E-state index contributed by atoms with van der Waals surface area (Å²) in [6.07, 6.45) is -0.257. The second-order valence-electron chi connectivity index (χ2n) is 7.52. The molecule has 0 saturated heterocycles. The Morgan fingerprint density at radius 3 is 2.23 bits per heavy atom. The van der Waals surface area contributed by atoms with E-state index in [1.54, 1.807) is 29.2 Å². The van der Waals surface area contributed by atoms with E-state index < -0.39 is 11.5 Å². The fourth-order valence-corrected chi connectivity index (χ4v) is 3.53. The number of para-hydroxylation sites is 1. The fourth-order valence-electron chi connectivity index (χ4n) is 3.53. The third-order valence-corrected chi connectivity index (χ3v) is 5.01. The molecule has 136 valence electrons. The molecule has 0 aliphatic carbocycles. The van der Waals surface area contributed by atoms with Crippen LogP contribution >= 0.6 is 0 Å². The van der Waals surface area contributed by atoms with Gasteiger partial charge in [0.1, 0.15) is 0 Å². The molecule has 3 rings (SSSR count). The van der Waals surface area contributed by atoms with Crippen LogP contribution in [0.1, 0.15) is 61.5 Å². The van der Waals surface area contributed by atoms with Crippen molar-refractivity contribution in [2.24, 2.45) is 0 Å². The summed E-state index contributed by atoms with van der Waals surface area (Å²) in [5.41, 5.74) is 1.03. The number of hydrogen-bond acceptors (Lipinski definition) is 3. The maximum absolute atomic E-state index is 13.0. The normalized spacial score (nSPS) is 19.3. The van der Waals surface area contributed by atoms with Gasteiger partial charge in [-0.25, -0.2) is 0 Å². The SMILES string of the molecule is CC(C)c1ccc(C(=O)C[C@]2(O)C(=O)N(C(C)C)c3ccccc32)cc1. The molecule has 4 heteroatoms. The molecule has 0 saturated carbocycles. The van der Waals surface area contributed by atoms with Crippen LogP contribution in [0.3, 0.4) is 0 Å². The quantitative estimate of drug-likeness (QED) is 0.828. The molecular weight excluding hydrogens is 326 g/mol. The van der Waals surface area contributed by atoms with Crippen molar-refractivity contribution in [3.8, 4) is 0 Å². The molecule has 0 fully saturated rings. The van der Waals surface area contributed by atoms with Crippen LogP contribution in [-0.2, 0) is 10.4 Å². The highest BCUT2D eigenvalue weighted by Gasteiger charge is 2.51. The summed E-state index contributed by atoms with van der Waals surface area (Å²) < 4.78 is 0. The van der Waals surface area contributed by atoms with Gasteiger partial charge in [-0.05, 0) is 31.4 Å². The number of benzene rings is 2. The number of hydrogen-bond donors (Lipinski definition) is 1. The van der Waals surface area contributed by atoms with Crippen molar-refractivity contribution in [1.82, 2.24) is 0 Å². The number of amides is 1. The van der Waals surface area contributed by atoms with Crippen LogP contribution in [0.15, 0.2) is 48.5 Å². The number of Topliss-reactive ketones (excluding diaryl/α,β-unsaturated/α-hetero) is 1. The standard InChI is InChI=1S/C22H25NO3/c1-14(2)16-9-11-17(12-10-16)20(24)13-22(26)18-7-5-6-8-19(18)23(15(3)4)21(22)25/h5-12,14-15,26H,13H2,1-4H3/t22-/m1/s1. The Kier molecular flexibility index (Phi) is 4.72. The Labute approximate surface area is 154 Å². The Morgan fingerprint density at radius 1 is 1.04 bits per heavy atom. The molecule has 4 nitrogen and oxygen atoms in total. The van der Waals surface area contributed by atoms with Gasteiger partial charge in [-0.1, -0.05) is 56.3 Å². The van der Waals surface area contributed by atoms with Crippen LogP contribution in [0, 0.1) is 0 Å². The minimum Gasteiger partial charge on any atom is -0.375 e. The first-order valence-electron chi connectivity index (χ1n) is 9.04. The minimum atomic E-state index is -1.81. The van der Waals surface area contributed by atoms with E-state index in [1.807, 2.05) is 38.1 Å². The van der Waals surface area contributed by atoms with E-state index in [4.69, 9.17) is 0 Å². The molecule has 2 aromatic rings. The summed E-state index contributed by atoms with van der Waals surface area (Å²) in [5.74, 6) is -0.288. The van der Waals surface area contributed by atoms with Gasteiger partial charge in [-0.3, -0.25) is 9.59 Å². The molecule has 1 aliphatic heterocycles. The van der Waals surface area contributed by atoms with E-state index in [2.05, 4.69) is 13.8 Å². The zero-order valence-electron chi connectivity index (χ0n) is 15.7. The average Bonchev–Trinajstić information content (AvgIpc) is 2.83. The molecule has 1 heterocycles. The van der Waals surface area contributed by atoms with Crippen molar-refractivity contribution in [1.29, 1.82) is 0 Å². The zero-order valence-corrected chi connectivity index (χ0v) is 15.7. The maximum Gasteiger partial charge on any atom is 0.264 e. The molecule has 0 spiro atoms. The van der Waals surface area contributed by atoms with Crippen molar-refractivity contribution >= 4 is 17.4 Å². The molecule has 0 bridgehead atoms. The third-order valence-electron chi connectivity index (χ3n) is 5.01. The van der Waals surface area contributed by atoms with Gasteiger partial charge in [0, 0.05) is 17.2 Å². The van der Waals surface area contributed by atoms with Gasteiger partial charge in [-0.2, -0.15) is 0 Å². The third kappa shape index (κ3) is 2.95. The van der Waals surface area contributed by atoms with Gasteiger partial charge in [-0.15, -0.1) is 0 Å². The fraction of sp³-hybridized carbons (Fsp3) is 0.364.